The lowest BCUT2D eigenvalue weighted by atomic mass is 9.84. The minimum Gasteiger partial charge on any atom is -0.347 e. The minimum atomic E-state index is -0.974. The molecule has 6 N–H and O–H groups in total. The van der Waals surface area contributed by atoms with E-state index in [1.54, 1.807) is 68.1 Å². The number of benzene rings is 4. The molecule has 16 nitrogen and oxygen atoms in total. The van der Waals surface area contributed by atoms with E-state index in [1.165, 1.54) is 10.5 Å². The Kier molecular flexibility index (Phi) is 18.9. The van der Waals surface area contributed by atoms with Crippen molar-refractivity contribution in [1.29, 1.82) is 0 Å². The molecular weight excluding hydrogens is 1010 g/mol. The van der Waals surface area contributed by atoms with Crippen molar-refractivity contribution in [2.75, 3.05) is 20.6 Å². The summed E-state index contributed by atoms with van der Waals surface area (Å²) in [4.78, 5) is 105. The summed E-state index contributed by atoms with van der Waals surface area (Å²) in [5.74, 6) is -2.54. The summed E-state index contributed by atoms with van der Waals surface area (Å²) in [6.07, 6.45) is 2.95. The summed E-state index contributed by atoms with van der Waals surface area (Å²) in [5.41, 5.74) is 4.38. The van der Waals surface area contributed by atoms with Crippen molar-refractivity contribution in [2.24, 2.45) is 10.8 Å². The first-order valence-electron chi connectivity index (χ1n) is 27.4. The van der Waals surface area contributed by atoms with E-state index in [-0.39, 0.29) is 68.1 Å². The van der Waals surface area contributed by atoms with Crippen LogP contribution in [-0.4, -0.2) is 119 Å². The first-order valence-corrected chi connectivity index (χ1v) is 27.7. The van der Waals surface area contributed by atoms with Gasteiger partial charge in [-0.25, -0.2) is 0 Å². The summed E-state index contributed by atoms with van der Waals surface area (Å²) < 4.78 is 0. The van der Waals surface area contributed by atoms with Crippen LogP contribution >= 0.6 is 11.6 Å². The highest BCUT2D eigenvalue weighted by molar-refractivity contribution is 6.31. The Morgan fingerprint density at radius 3 is 1.81 bits per heavy atom. The number of likely N-dealkylation sites (N-methyl/N-ethyl adjacent to an activating group) is 2. The van der Waals surface area contributed by atoms with Crippen molar-refractivity contribution in [3.8, 4) is 0 Å². The summed E-state index contributed by atoms with van der Waals surface area (Å²) in [5, 5.41) is 18.6. The Bertz CT molecular complexity index is 2850. The molecule has 0 aromatic heterocycles. The fraction of sp³-hybridized carbons (Fsp3) is 0.492. The molecule has 418 valence electrons. The first-order chi connectivity index (χ1) is 36.9. The molecule has 7 rings (SSSR count). The minimum absolute atomic E-state index is 0.0339. The highest BCUT2D eigenvalue weighted by Gasteiger charge is 2.47. The average molecular weight is 1090 g/mol. The maximum atomic E-state index is 15.5. The van der Waals surface area contributed by atoms with Crippen LogP contribution in [0.4, 0.5) is 0 Å². The molecule has 4 unspecified atom stereocenters. The number of nitrogens with zero attached hydrogens (tertiary/aromatic N) is 3. The lowest BCUT2D eigenvalue weighted by Crippen LogP contribution is -2.62. The Labute approximate surface area is 465 Å². The molecule has 1 aliphatic carbocycles. The van der Waals surface area contributed by atoms with E-state index in [9.17, 15) is 28.8 Å². The van der Waals surface area contributed by atoms with Crippen LogP contribution in [0.2, 0.25) is 5.02 Å². The summed E-state index contributed by atoms with van der Waals surface area (Å²) in [6, 6.07) is 23.7. The summed E-state index contributed by atoms with van der Waals surface area (Å²) in [7, 11) is 3.34. The maximum absolute atomic E-state index is 15.5. The molecule has 1 saturated heterocycles. The molecule has 2 aliphatic heterocycles. The second-order valence-electron chi connectivity index (χ2n) is 23.5. The molecule has 78 heavy (non-hydrogen) atoms. The fourth-order valence-corrected chi connectivity index (χ4v) is 11.1. The van der Waals surface area contributed by atoms with Gasteiger partial charge in [0, 0.05) is 42.7 Å². The number of carbonyl (C=O) groups is 7. The van der Waals surface area contributed by atoms with Crippen LogP contribution in [-0.2, 0) is 54.7 Å². The van der Waals surface area contributed by atoms with Gasteiger partial charge in [-0.3, -0.25) is 33.6 Å². The third kappa shape index (κ3) is 13.6. The fourth-order valence-electron chi connectivity index (χ4n) is 10.8. The van der Waals surface area contributed by atoms with Crippen molar-refractivity contribution in [3.05, 3.63) is 141 Å². The van der Waals surface area contributed by atoms with Crippen LogP contribution in [0.25, 0.3) is 0 Å². The molecule has 0 spiro atoms. The Morgan fingerprint density at radius 1 is 0.667 bits per heavy atom. The Morgan fingerprint density at radius 2 is 1.22 bits per heavy atom. The van der Waals surface area contributed by atoms with E-state index in [0.717, 1.165) is 36.0 Å². The number of nitrogens with one attached hydrogen (secondary N) is 6. The molecule has 0 bridgehead atoms. The lowest BCUT2D eigenvalue weighted by Gasteiger charge is -2.43. The van der Waals surface area contributed by atoms with Gasteiger partial charge in [-0.05, 0) is 123 Å². The smallest absolute Gasteiger partial charge is 0.251 e. The van der Waals surface area contributed by atoms with Gasteiger partial charge in [0.25, 0.3) is 5.91 Å². The van der Waals surface area contributed by atoms with Crippen molar-refractivity contribution >= 4 is 53.0 Å². The molecule has 2 heterocycles. The number of carbonyl (C=O) groups excluding carboxylic acids is 7. The monoisotopic (exact) mass is 1090 g/mol. The zero-order valence-corrected chi connectivity index (χ0v) is 47.9. The van der Waals surface area contributed by atoms with Crippen LogP contribution in [0.5, 0.6) is 0 Å². The quantitative estimate of drug-likeness (QED) is 0.0678. The normalized spacial score (nSPS) is 20.2. The summed E-state index contributed by atoms with van der Waals surface area (Å²) >= 11 is 6.84. The highest BCUT2D eigenvalue weighted by atomic mass is 35.5. The molecular formula is C61H80ClN9O7. The van der Waals surface area contributed by atoms with Crippen molar-refractivity contribution in [2.45, 2.75) is 162 Å². The Hall–Kier alpha value is -6.62. The van der Waals surface area contributed by atoms with Crippen LogP contribution in [0.15, 0.2) is 97.1 Å². The van der Waals surface area contributed by atoms with Gasteiger partial charge in [-0.2, -0.15) is 0 Å². The second kappa shape index (κ2) is 25.0. The predicted molar refractivity (Wildman–Crippen MR) is 303 cm³/mol. The number of fused-ring (bicyclic) bond motifs is 2. The number of hydrogen-bond donors (Lipinski definition) is 6. The van der Waals surface area contributed by atoms with Gasteiger partial charge < -0.3 is 46.6 Å². The lowest BCUT2D eigenvalue weighted by molar-refractivity contribution is -0.152. The van der Waals surface area contributed by atoms with Crippen LogP contribution in [0, 0.1) is 10.8 Å². The molecule has 3 aliphatic rings. The largest absolute Gasteiger partial charge is 0.347 e. The maximum Gasteiger partial charge on any atom is 0.251 e. The first kappa shape index (κ1) is 59.0. The van der Waals surface area contributed by atoms with Crippen molar-refractivity contribution < 1.29 is 33.6 Å². The zero-order chi connectivity index (χ0) is 56.8. The molecule has 7 amide bonds. The third-order valence-corrected chi connectivity index (χ3v) is 16.2. The van der Waals surface area contributed by atoms with E-state index in [1.807, 2.05) is 109 Å². The molecule has 17 heteroatoms. The number of rotatable bonds is 17. The van der Waals surface area contributed by atoms with Crippen LogP contribution in [0.3, 0.4) is 0 Å². The van der Waals surface area contributed by atoms with Crippen LogP contribution < -0.4 is 31.9 Å². The predicted octanol–water partition coefficient (Wildman–Crippen LogP) is 6.55. The van der Waals surface area contributed by atoms with E-state index in [4.69, 9.17) is 11.6 Å². The molecule has 4 aromatic rings. The van der Waals surface area contributed by atoms with Gasteiger partial charge >= 0.3 is 0 Å². The van der Waals surface area contributed by atoms with E-state index in [0.29, 0.717) is 21.7 Å². The molecule has 1 fully saturated rings. The van der Waals surface area contributed by atoms with Gasteiger partial charge in [0.15, 0.2) is 0 Å². The topological polar surface area (TPSA) is 201 Å². The Balaban J connectivity index is 1.15. The van der Waals surface area contributed by atoms with Crippen molar-refractivity contribution in [1.82, 2.24) is 46.6 Å². The number of likely N-dealkylation sites (tertiary alicyclic amines) is 1. The van der Waals surface area contributed by atoms with Gasteiger partial charge in [-0.15, -0.1) is 0 Å². The van der Waals surface area contributed by atoms with E-state index >= 15 is 4.79 Å². The highest BCUT2D eigenvalue weighted by Crippen LogP contribution is 2.35. The number of halogens is 1. The summed E-state index contributed by atoms with van der Waals surface area (Å²) in [6.45, 7) is 16.9. The SMILES string of the molecule is CN[C@@H](C)C(=O)N[C@H](C(=O)N1C[C@@H](NC(=O)c2ccc(CN(C(=O)C3Cc4ccccc4CN3C(=O)[C@@H](NC(=O)[C@H](C)NC)C(C)(C)C)C(C)c3ccccc3Cl)cc2)CC1C(=O)NC1CCCc2ccccc21)C(C)(C)C. The van der Waals surface area contributed by atoms with E-state index < -0.39 is 71.0 Å². The number of amides is 7. The zero-order valence-electron chi connectivity index (χ0n) is 47.2. The molecule has 4 aromatic carbocycles. The molecule has 0 radical (unpaired) electrons. The third-order valence-electron chi connectivity index (χ3n) is 15.9. The van der Waals surface area contributed by atoms with Crippen LogP contribution in [0.1, 0.15) is 137 Å². The van der Waals surface area contributed by atoms with Gasteiger partial charge in [-0.1, -0.05) is 132 Å². The standard InChI is InChI=1S/C61H80ClN9O7/c1-36(63-10)53(72)67-51(60(4,5)6)58(77)70-34-43-21-13-12-20-42(43)31-50(70)57(76)69(38(3)45-23-16-17-25-47(45)62)33-39-27-29-41(30-28-39)55(74)65-44-32-49(56(75)66-48-26-18-22-40-19-14-15-24-46(40)48)71(35-44)59(78)52(61(7,8)9)68-54(73)37(2)64-11/h12-17,19-21,23-25,27-30,36-38,44,48-52,63-64H,18,22,26,31-35H2,1-11H3,(H,65,74)(H,66,75)(H,67,72)(H,68,73)/t36-,37-,38?,44-,48?,49?,50?,51+,52+/m0/s1. The van der Waals surface area contributed by atoms with Gasteiger partial charge in [0.2, 0.25) is 35.4 Å². The number of aryl methyl sites for hydroxylation is 1. The molecule has 0 saturated carbocycles. The van der Waals surface area contributed by atoms with Gasteiger partial charge in [0.1, 0.15) is 24.2 Å². The van der Waals surface area contributed by atoms with Gasteiger partial charge in [0.05, 0.1) is 24.2 Å². The number of hydrogen-bond acceptors (Lipinski definition) is 9. The second-order valence-corrected chi connectivity index (χ2v) is 23.9. The van der Waals surface area contributed by atoms with Crippen molar-refractivity contribution in [3.63, 3.8) is 0 Å². The van der Waals surface area contributed by atoms with E-state index in [2.05, 4.69) is 38.0 Å². The average Bonchev–Trinajstić information content (AvgIpc) is 3.98. The molecule has 9 atom stereocenters.